The van der Waals surface area contributed by atoms with Crippen molar-refractivity contribution in [3.05, 3.63) is 109 Å². The topological polar surface area (TPSA) is 96.0 Å². The minimum Gasteiger partial charge on any atom is -1.00 e. The number of hydrogen-bond donors (Lipinski definition) is 4. The summed E-state index contributed by atoms with van der Waals surface area (Å²) in [5.74, 6) is -0.171. The third kappa shape index (κ3) is 5.71. The quantitative estimate of drug-likeness (QED) is 0.214. The van der Waals surface area contributed by atoms with Gasteiger partial charge in [-0.2, -0.15) is 0 Å². The van der Waals surface area contributed by atoms with Gasteiger partial charge in [-0.05, 0) is 72.8 Å². The van der Waals surface area contributed by atoms with E-state index in [0.717, 1.165) is 39.3 Å². The van der Waals surface area contributed by atoms with Gasteiger partial charge in [-0.1, -0.05) is 0 Å². The molecule has 3 aromatic carbocycles. The van der Waals surface area contributed by atoms with E-state index in [4.69, 9.17) is 5.73 Å². The number of benzene rings is 3. The predicted molar refractivity (Wildman–Crippen MR) is 141 cm³/mol. The second kappa shape index (κ2) is 10.8. The fraction of sp³-hybridized carbons (Fsp3) is 0.0357. The number of aryl methyl sites for hydroxylation is 1. The van der Waals surface area contributed by atoms with Crippen LogP contribution in [-0.2, 0) is 7.05 Å². The lowest BCUT2D eigenvalue weighted by Gasteiger charge is -2.11. The zero-order valence-electron chi connectivity index (χ0n) is 19.6. The van der Waals surface area contributed by atoms with Gasteiger partial charge in [0.15, 0.2) is 12.4 Å². The molecule has 0 unspecified atom stereocenters. The van der Waals surface area contributed by atoms with Gasteiger partial charge >= 0.3 is 0 Å². The highest BCUT2D eigenvalue weighted by atomic mass is 35.5. The number of pyridine rings is 2. The second-order valence-corrected chi connectivity index (χ2v) is 8.25. The normalized spacial score (nSPS) is 10.4. The van der Waals surface area contributed by atoms with E-state index in [1.165, 1.54) is 0 Å². The highest BCUT2D eigenvalue weighted by Crippen LogP contribution is 2.27. The minimum absolute atomic E-state index is 0. The molecule has 0 atom stereocenters. The maximum Gasteiger partial charge on any atom is 0.255 e. The van der Waals surface area contributed by atoms with E-state index in [1.54, 1.807) is 18.3 Å². The highest BCUT2D eigenvalue weighted by molar-refractivity contribution is 6.04. The standard InChI is InChI=1S/C28H24N6O.ClH/c1-34-16-13-24(14-17-34)31-21-7-9-23(10-8-21)33-28(35)19-2-5-22(6-3-19)32-27-12-15-30-26-11-4-20(29)18-25(26)27;/h2-18H,29H2,1H3,(H2,30,32,33,35);1H. The molecule has 0 saturated heterocycles. The monoisotopic (exact) mass is 496 g/mol. The van der Waals surface area contributed by atoms with Crippen LogP contribution in [0.3, 0.4) is 0 Å². The third-order valence-electron chi connectivity index (χ3n) is 5.60. The number of hydrogen-bond acceptors (Lipinski definition) is 5. The Bertz CT molecular complexity index is 1490. The van der Waals surface area contributed by atoms with Crippen LogP contribution in [0.5, 0.6) is 0 Å². The first-order valence-electron chi connectivity index (χ1n) is 11.2. The maximum absolute atomic E-state index is 12.7. The molecule has 0 fully saturated rings. The van der Waals surface area contributed by atoms with Crippen LogP contribution >= 0.6 is 0 Å². The van der Waals surface area contributed by atoms with Crippen molar-refractivity contribution in [1.82, 2.24) is 4.98 Å². The van der Waals surface area contributed by atoms with E-state index < -0.39 is 0 Å². The summed E-state index contributed by atoms with van der Waals surface area (Å²) in [5, 5.41) is 10.6. The summed E-state index contributed by atoms with van der Waals surface area (Å²) in [5.41, 5.74) is 12.5. The summed E-state index contributed by atoms with van der Waals surface area (Å²) in [6, 6.07) is 26.5. The van der Waals surface area contributed by atoms with Gasteiger partial charge in [0.1, 0.15) is 7.05 Å². The average Bonchev–Trinajstić information content (AvgIpc) is 2.87. The summed E-state index contributed by atoms with van der Waals surface area (Å²) in [6.07, 6.45) is 5.71. The van der Waals surface area contributed by atoms with Crippen LogP contribution < -0.4 is 38.7 Å². The number of halogens is 1. The number of nitrogens with zero attached hydrogens (tertiary/aromatic N) is 2. The van der Waals surface area contributed by atoms with Crippen LogP contribution in [0.25, 0.3) is 10.9 Å². The van der Waals surface area contributed by atoms with Crippen LogP contribution in [0.1, 0.15) is 10.4 Å². The first kappa shape index (κ1) is 24.5. The van der Waals surface area contributed by atoms with Gasteiger partial charge in [0.25, 0.3) is 5.91 Å². The fourth-order valence-electron chi connectivity index (χ4n) is 3.72. The molecule has 8 heteroatoms. The number of rotatable bonds is 6. The van der Waals surface area contributed by atoms with Crippen molar-refractivity contribution in [2.24, 2.45) is 7.05 Å². The van der Waals surface area contributed by atoms with Gasteiger partial charge in [-0.25, -0.2) is 4.57 Å². The molecule has 7 nitrogen and oxygen atoms in total. The van der Waals surface area contributed by atoms with Crippen molar-refractivity contribution >= 4 is 50.9 Å². The molecule has 2 aromatic heterocycles. The average molecular weight is 497 g/mol. The molecule has 0 radical (unpaired) electrons. The van der Waals surface area contributed by atoms with E-state index in [9.17, 15) is 4.79 Å². The van der Waals surface area contributed by atoms with Gasteiger partial charge < -0.3 is 34.1 Å². The Morgan fingerprint density at radius 1 is 0.778 bits per heavy atom. The number of nitrogen functional groups attached to an aromatic ring is 1. The lowest BCUT2D eigenvalue weighted by atomic mass is 10.1. The number of fused-ring (bicyclic) bond motifs is 1. The molecule has 5 N–H and O–H groups in total. The number of nitrogens with two attached hydrogens (primary N) is 1. The molecule has 5 aromatic rings. The smallest absolute Gasteiger partial charge is 0.255 e. The molecule has 0 aliphatic carbocycles. The fourth-order valence-corrected chi connectivity index (χ4v) is 3.72. The van der Waals surface area contributed by atoms with Crippen molar-refractivity contribution in [3.8, 4) is 0 Å². The lowest BCUT2D eigenvalue weighted by Crippen LogP contribution is -3.00. The first-order chi connectivity index (χ1) is 17.0. The third-order valence-corrected chi connectivity index (χ3v) is 5.60. The number of aromatic nitrogens is 2. The van der Waals surface area contributed by atoms with E-state index in [1.807, 2.05) is 96.8 Å². The molecule has 0 spiro atoms. The minimum atomic E-state index is -0.171. The predicted octanol–water partition coefficient (Wildman–Crippen LogP) is 2.38. The molecular formula is C28H25ClN6O. The number of anilines is 6. The summed E-state index contributed by atoms with van der Waals surface area (Å²) in [6.45, 7) is 0. The molecule has 36 heavy (non-hydrogen) atoms. The second-order valence-electron chi connectivity index (χ2n) is 8.25. The number of nitrogens with one attached hydrogen (secondary N) is 3. The van der Waals surface area contributed by atoms with Crippen LogP contribution in [0.4, 0.5) is 34.1 Å². The molecule has 2 heterocycles. The Balaban J connectivity index is 0.00000304. The van der Waals surface area contributed by atoms with Crippen LogP contribution in [0, 0.1) is 0 Å². The summed E-state index contributed by atoms with van der Waals surface area (Å²) in [4.78, 5) is 17.1. The van der Waals surface area contributed by atoms with Crippen molar-refractivity contribution in [1.29, 1.82) is 0 Å². The molecule has 0 saturated carbocycles. The highest BCUT2D eigenvalue weighted by Gasteiger charge is 2.08. The summed E-state index contributed by atoms with van der Waals surface area (Å²) in [7, 11) is 1.98. The van der Waals surface area contributed by atoms with Gasteiger partial charge in [-0.3, -0.25) is 9.78 Å². The van der Waals surface area contributed by atoms with E-state index in [0.29, 0.717) is 11.3 Å². The van der Waals surface area contributed by atoms with Crippen molar-refractivity contribution < 1.29 is 21.8 Å². The molecule has 0 aliphatic heterocycles. The molecular weight excluding hydrogens is 472 g/mol. The zero-order chi connectivity index (χ0) is 24.2. The lowest BCUT2D eigenvalue weighted by molar-refractivity contribution is -0.671. The Morgan fingerprint density at radius 2 is 1.39 bits per heavy atom. The molecule has 1 amide bonds. The van der Waals surface area contributed by atoms with Gasteiger partial charge in [0, 0.05) is 57.7 Å². The number of carbonyl (C=O) groups is 1. The van der Waals surface area contributed by atoms with Crippen molar-refractivity contribution in [2.45, 2.75) is 0 Å². The van der Waals surface area contributed by atoms with Crippen molar-refractivity contribution in [3.63, 3.8) is 0 Å². The Morgan fingerprint density at radius 3 is 2.11 bits per heavy atom. The van der Waals surface area contributed by atoms with E-state index in [-0.39, 0.29) is 18.3 Å². The van der Waals surface area contributed by atoms with Crippen LogP contribution in [-0.4, -0.2) is 10.9 Å². The number of carbonyl (C=O) groups excluding carboxylic acids is 1. The molecule has 0 aliphatic rings. The zero-order valence-corrected chi connectivity index (χ0v) is 20.3. The summed E-state index contributed by atoms with van der Waals surface area (Å²) >= 11 is 0. The van der Waals surface area contributed by atoms with E-state index >= 15 is 0 Å². The SMILES string of the molecule is C[n+]1ccc(Nc2ccc(NC(=O)c3ccc(Nc4ccnc5ccc(N)cc45)cc3)cc2)cc1.[Cl-]. The van der Waals surface area contributed by atoms with Gasteiger partial charge in [0.05, 0.1) is 11.2 Å². The molecule has 5 rings (SSSR count). The number of amides is 1. The molecule has 0 bridgehead atoms. The van der Waals surface area contributed by atoms with Gasteiger partial charge in [-0.15, -0.1) is 0 Å². The van der Waals surface area contributed by atoms with Crippen LogP contribution in [0.2, 0.25) is 0 Å². The molecule has 180 valence electrons. The Labute approximate surface area is 215 Å². The Kier molecular flexibility index (Phi) is 7.32. The largest absolute Gasteiger partial charge is 1.00 e. The van der Waals surface area contributed by atoms with E-state index in [2.05, 4.69) is 20.9 Å². The van der Waals surface area contributed by atoms with Gasteiger partial charge in [0.2, 0.25) is 0 Å². The maximum atomic E-state index is 12.7. The van der Waals surface area contributed by atoms with Crippen molar-refractivity contribution in [2.75, 3.05) is 21.7 Å². The Hall–Kier alpha value is -4.62. The summed E-state index contributed by atoms with van der Waals surface area (Å²) < 4.78 is 1.98. The van der Waals surface area contributed by atoms with Crippen LogP contribution in [0.15, 0.2) is 104 Å². The first-order valence-corrected chi connectivity index (χ1v) is 11.2.